The van der Waals surface area contributed by atoms with Gasteiger partial charge in [0, 0.05) is 34.3 Å². The molecule has 0 radical (unpaired) electrons. The first-order chi connectivity index (χ1) is 18.2. The minimum atomic E-state index is -0.864. The lowest BCUT2D eigenvalue weighted by Gasteiger charge is -2.33. The third-order valence-electron chi connectivity index (χ3n) is 6.45. The molecule has 1 atom stereocenters. The number of nitrogens with zero attached hydrogens (tertiary/aromatic N) is 1. The Balaban J connectivity index is 1.91. The van der Waals surface area contributed by atoms with Gasteiger partial charge in [0.2, 0.25) is 5.91 Å². The minimum absolute atomic E-state index is 0.0655. The van der Waals surface area contributed by atoms with Crippen molar-refractivity contribution in [2.45, 2.75) is 46.5 Å². The molecule has 0 aliphatic heterocycles. The number of amidine groups is 1. The van der Waals surface area contributed by atoms with Crippen molar-refractivity contribution in [2.75, 3.05) is 13.1 Å². The summed E-state index contributed by atoms with van der Waals surface area (Å²) in [6.45, 7) is 9.46. The van der Waals surface area contributed by atoms with Gasteiger partial charge in [-0.3, -0.25) is 15.0 Å². The van der Waals surface area contributed by atoms with Crippen molar-refractivity contribution in [1.82, 2.24) is 10.2 Å². The molecule has 0 fully saturated rings. The summed E-state index contributed by atoms with van der Waals surface area (Å²) in [5.41, 5.74) is 2.89. The molecule has 200 valence electrons. The van der Waals surface area contributed by atoms with E-state index < -0.39 is 5.41 Å². The SMILES string of the molecule is CCCN(CCC)C(=O)c1ccc(-c2ccc(C(c3ccccc3)C(C)(C)C(=O)NC(=N)SC=N)s2)cc1. The molecule has 0 bridgehead atoms. The van der Waals surface area contributed by atoms with Crippen molar-refractivity contribution in [1.29, 1.82) is 10.8 Å². The summed E-state index contributed by atoms with van der Waals surface area (Å²) in [7, 11) is 0. The maximum atomic E-state index is 13.3. The van der Waals surface area contributed by atoms with Crippen LogP contribution in [0.5, 0.6) is 0 Å². The molecule has 3 N–H and O–H groups in total. The first-order valence-electron chi connectivity index (χ1n) is 12.8. The van der Waals surface area contributed by atoms with Crippen molar-refractivity contribution in [3.8, 4) is 10.4 Å². The van der Waals surface area contributed by atoms with Gasteiger partial charge in [0.1, 0.15) is 0 Å². The monoisotopic (exact) mass is 548 g/mol. The van der Waals surface area contributed by atoms with Gasteiger partial charge in [-0.25, -0.2) is 0 Å². The molecule has 2 amide bonds. The highest BCUT2D eigenvalue weighted by atomic mass is 32.2. The lowest BCUT2D eigenvalue weighted by Crippen LogP contribution is -2.42. The van der Waals surface area contributed by atoms with Crippen LogP contribution in [0.1, 0.15) is 67.3 Å². The number of rotatable bonds is 11. The molecule has 0 saturated carbocycles. The van der Waals surface area contributed by atoms with Gasteiger partial charge < -0.3 is 15.6 Å². The number of hydrogen-bond donors (Lipinski definition) is 3. The predicted octanol–water partition coefficient (Wildman–Crippen LogP) is 7.23. The molecule has 0 saturated heterocycles. The molecule has 0 spiro atoms. The molecule has 0 aliphatic rings. The number of carbonyl (C=O) groups excluding carboxylic acids is 2. The number of carbonyl (C=O) groups is 2. The van der Waals surface area contributed by atoms with Crippen LogP contribution in [-0.2, 0) is 4.79 Å². The topological polar surface area (TPSA) is 97.1 Å². The number of thioether (sulfide) groups is 1. The summed E-state index contributed by atoms with van der Waals surface area (Å²) in [4.78, 5) is 30.3. The Labute approximate surface area is 233 Å². The van der Waals surface area contributed by atoms with E-state index in [0.29, 0.717) is 5.56 Å². The minimum Gasteiger partial charge on any atom is -0.339 e. The molecule has 1 heterocycles. The maximum absolute atomic E-state index is 13.3. The average Bonchev–Trinajstić information content (AvgIpc) is 3.38. The van der Waals surface area contributed by atoms with E-state index in [2.05, 4.69) is 31.3 Å². The van der Waals surface area contributed by atoms with Gasteiger partial charge in [-0.1, -0.05) is 70.2 Å². The highest BCUT2D eigenvalue weighted by molar-refractivity contribution is 8.24. The number of hydrogen-bond acceptors (Lipinski definition) is 6. The van der Waals surface area contributed by atoms with Crippen molar-refractivity contribution < 1.29 is 9.59 Å². The van der Waals surface area contributed by atoms with Crippen LogP contribution in [-0.4, -0.2) is 40.5 Å². The Morgan fingerprint density at radius 1 is 1.00 bits per heavy atom. The van der Waals surface area contributed by atoms with Crippen LogP contribution in [0, 0.1) is 16.2 Å². The molecule has 38 heavy (non-hydrogen) atoms. The van der Waals surface area contributed by atoms with Crippen LogP contribution >= 0.6 is 23.1 Å². The predicted molar refractivity (Wildman–Crippen MR) is 161 cm³/mol. The summed E-state index contributed by atoms with van der Waals surface area (Å²) in [6, 6.07) is 21.8. The normalized spacial score (nSPS) is 12.0. The van der Waals surface area contributed by atoms with Gasteiger partial charge >= 0.3 is 0 Å². The molecule has 3 rings (SSSR count). The molecule has 1 aromatic heterocycles. The van der Waals surface area contributed by atoms with Gasteiger partial charge in [-0.05, 0) is 60.0 Å². The van der Waals surface area contributed by atoms with E-state index in [0.717, 1.165) is 64.1 Å². The second kappa shape index (κ2) is 13.5. The van der Waals surface area contributed by atoms with Crippen molar-refractivity contribution >= 4 is 45.6 Å². The number of amides is 2. The smallest absolute Gasteiger partial charge is 0.253 e. The largest absolute Gasteiger partial charge is 0.339 e. The zero-order chi connectivity index (χ0) is 27.7. The summed E-state index contributed by atoms with van der Waals surface area (Å²) >= 11 is 2.49. The number of nitrogens with one attached hydrogen (secondary N) is 3. The van der Waals surface area contributed by atoms with Gasteiger partial charge in [0.25, 0.3) is 5.91 Å². The number of benzene rings is 2. The van der Waals surface area contributed by atoms with Gasteiger partial charge in [0.15, 0.2) is 5.17 Å². The number of thiophene rings is 1. The molecule has 6 nitrogen and oxygen atoms in total. The van der Waals surface area contributed by atoms with E-state index >= 15 is 0 Å². The van der Waals surface area contributed by atoms with Crippen LogP contribution in [0.15, 0.2) is 66.7 Å². The fourth-order valence-electron chi connectivity index (χ4n) is 4.54. The summed E-state index contributed by atoms with van der Waals surface area (Å²) in [6.07, 6.45) is 1.86. The third-order valence-corrected chi connectivity index (χ3v) is 8.10. The lowest BCUT2D eigenvalue weighted by molar-refractivity contribution is -0.128. The molecular formula is C30H36N4O2S2. The van der Waals surface area contributed by atoms with Crippen LogP contribution in [0.4, 0.5) is 0 Å². The quantitative estimate of drug-likeness (QED) is 0.174. The zero-order valence-corrected chi connectivity index (χ0v) is 24.0. The average molecular weight is 549 g/mol. The molecule has 1 unspecified atom stereocenters. The van der Waals surface area contributed by atoms with Gasteiger partial charge in [-0.15, -0.1) is 11.3 Å². The van der Waals surface area contributed by atoms with E-state index in [1.54, 1.807) is 11.3 Å². The maximum Gasteiger partial charge on any atom is 0.253 e. The summed E-state index contributed by atoms with van der Waals surface area (Å²) < 4.78 is 0. The van der Waals surface area contributed by atoms with E-state index in [9.17, 15) is 9.59 Å². The van der Waals surface area contributed by atoms with Crippen LogP contribution in [0.3, 0.4) is 0 Å². The molecule has 2 aromatic carbocycles. The van der Waals surface area contributed by atoms with Crippen LogP contribution in [0.2, 0.25) is 0 Å². The summed E-state index contributed by atoms with van der Waals surface area (Å²) in [5.74, 6) is -0.444. The van der Waals surface area contributed by atoms with Gasteiger partial charge in [0.05, 0.1) is 11.0 Å². The second-order valence-corrected chi connectivity index (χ2v) is 11.7. The van der Waals surface area contributed by atoms with E-state index in [4.69, 9.17) is 10.8 Å². The van der Waals surface area contributed by atoms with Crippen LogP contribution < -0.4 is 5.32 Å². The fraction of sp³-hybridized carbons (Fsp3) is 0.333. The Kier molecular flexibility index (Phi) is 10.4. The van der Waals surface area contributed by atoms with Crippen molar-refractivity contribution in [3.63, 3.8) is 0 Å². The van der Waals surface area contributed by atoms with E-state index in [-0.39, 0.29) is 22.9 Å². The van der Waals surface area contributed by atoms with Crippen LogP contribution in [0.25, 0.3) is 10.4 Å². The highest BCUT2D eigenvalue weighted by Crippen LogP contribution is 2.45. The summed E-state index contributed by atoms with van der Waals surface area (Å²) in [5, 5.41) is 17.7. The molecule has 3 aromatic rings. The lowest BCUT2D eigenvalue weighted by atomic mass is 9.73. The Bertz CT molecular complexity index is 1250. The Morgan fingerprint density at radius 2 is 1.63 bits per heavy atom. The van der Waals surface area contributed by atoms with Gasteiger partial charge in [-0.2, -0.15) is 0 Å². The standard InChI is InChI=1S/C30H36N4O2S2/c1-5-18-34(19-6-2)27(35)23-14-12-21(13-15-23)24-16-17-25(38-24)26(22-10-8-7-9-11-22)30(3,4)28(36)33-29(32)37-20-31/h7-17,20,26,31H,5-6,18-19H2,1-4H3,(H2,32,33,36). The third kappa shape index (κ3) is 6.99. The van der Waals surface area contributed by atoms with E-state index in [1.165, 1.54) is 0 Å². The molecular weight excluding hydrogens is 512 g/mol. The Hall–Kier alpha value is -3.23. The molecule has 8 heteroatoms. The van der Waals surface area contributed by atoms with Crippen molar-refractivity contribution in [3.05, 3.63) is 82.7 Å². The highest BCUT2D eigenvalue weighted by Gasteiger charge is 2.40. The Morgan fingerprint density at radius 3 is 2.21 bits per heavy atom. The second-order valence-electron chi connectivity index (χ2n) is 9.66. The fourth-order valence-corrected chi connectivity index (χ4v) is 6.14. The first kappa shape index (κ1) is 29.3. The first-order valence-corrected chi connectivity index (χ1v) is 14.5. The van der Waals surface area contributed by atoms with E-state index in [1.807, 2.05) is 73.3 Å². The zero-order valence-electron chi connectivity index (χ0n) is 22.4. The van der Waals surface area contributed by atoms with Crippen molar-refractivity contribution in [2.24, 2.45) is 5.41 Å². The molecule has 0 aliphatic carbocycles.